The van der Waals surface area contributed by atoms with Crippen LogP contribution in [-0.4, -0.2) is 62.8 Å². The highest BCUT2D eigenvalue weighted by molar-refractivity contribution is 7.89. The van der Waals surface area contributed by atoms with Crippen molar-refractivity contribution >= 4 is 15.9 Å². The van der Waals surface area contributed by atoms with Gasteiger partial charge < -0.3 is 10.2 Å². The Morgan fingerprint density at radius 3 is 2.43 bits per heavy atom. The summed E-state index contributed by atoms with van der Waals surface area (Å²) < 4.78 is 27.1. The minimum absolute atomic E-state index is 0.0103. The average molecular weight is 408 g/mol. The first-order valence-corrected chi connectivity index (χ1v) is 12.1. The van der Waals surface area contributed by atoms with E-state index < -0.39 is 10.0 Å². The third kappa shape index (κ3) is 5.78. The zero-order valence-electron chi connectivity index (χ0n) is 16.7. The molecule has 2 aliphatic rings. The lowest BCUT2D eigenvalue weighted by Gasteiger charge is -2.31. The number of carbonyl (C=O) groups excluding carboxylic acids is 1. The largest absolute Gasteiger partial charge is 0.356 e. The number of amides is 1. The maximum Gasteiger partial charge on any atom is 0.243 e. The molecule has 1 unspecified atom stereocenters. The van der Waals surface area contributed by atoms with Gasteiger partial charge in [-0.05, 0) is 63.9 Å². The Bertz CT molecular complexity index is 716. The van der Waals surface area contributed by atoms with Crippen LogP contribution in [0.25, 0.3) is 0 Å². The average Bonchev–Trinajstić information content (AvgIpc) is 3.00. The third-order valence-electron chi connectivity index (χ3n) is 5.78. The Kier molecular flexibility index (Phi) is 7.88. The topological polar surface area (TPSA) is 69.7 Å². The minimum atomic E-state index is -3.52. The second-order valence-corrected chi connectivity index (χ2v) is 9.85. The Morgan fingerprint density at radius 1 is 1.00 bits per heavy atom. The van der Waals surface area contributed by atoms with Crippen LogP contribution in [0.5, 0.6) is 0 Å². The van der Waals surface area contributed by atoms with Crippen LogP contribution >= 0.6 is 0 Å². The van der Waals surface area contributed by atoms with Gasteiger partial charge in [0.2, 0.25) is 15.9 Å². The highest BCUT2D eigenvalue weighted by atomic mass is 32.2. The lowest BCUT2D eigenvalue weighted by atomic mass is 9.99. The van der Waals surface area contributed by atoms with Crippen molar-refractivity contribution in [3.8, 4) is 0 Å². The number of nitrogens with zero attached hydrogens (tertiary/aromatic N) is 2. The molecule has 2 heterocycles. The van der Waals surface area contributed by atoms with Crippen LogP contribution in [0.1, 0.15) is 44.9 Å². The van der Waals surface area contributed by atoms with Crippen LogP contribution in [0.15, 0.2) is 35.2 Å². The summed E-state index contributed by atoms with van der Waals surface area (Å²) >= 11 is 0. The number of rotatable bonds is 7. The fraction of sp³-hybridized carbons (Fsp3) is 0.667. The normalized spacial score (nSPS) is 22.5. The molecule has 0 saturated carbocycles. The fourth-order valence-electron chi connectivity index (χ4n) is 4.13. The molecule has 1 N–H and O–H groups in total. The first-order chi connectivity index (χ1) is 13.6. The lowest BCUT2D eigenvalue weighted by Crippen LogP contribution is -2.45. The van der Waals surface area contributed by atoms with Crippen LogP contribution in [0, 0.1) is 5.92 Å². The van der Waals surface area contributed by atoms with E-state index in [9.17, 15) is 13.2 Å². The number of nitrogens with one attached hydrogen (secondary N) is 1. The van der Waals surface area contributed by atoms with Gasteiger partial charge in [0.15, 0.2) is 0 Å². The van der Waals surface area contributed by atoms with Gasteiger partial charge in [0.1, 0.15) is 0 Å². The summed E-state index contributed by atoms with van der Waals surface area (Å²) in [4.78, 5) is 15.4. The zero-order chi connectivity index (χ0) is 19.8. The maximum atomic E-state index is 12.8. The van der Waals surface area contributed by atoms with Crippen molar-refractivity contribution in [2.75, 3.05) is 39.3 Å². The number of hydrogen-bond acceptors (Lipinski definition) is 4. The summed E-state index contributed by atoms with van der Waals surface area (Å²) in [5, 5.41) is 3.03. The van der Waals surface area contributed by atoms with E-state index in [4.69, 9.17) is 0 Å². The van der Waals surface area contributed by atoms with Gasteiger partial charge >= 0.3 is 0 Å². The van der Waals surface area contributed by atoms with Crippen molar-refractivity contribution in [2.24, 2.45) is 5.92 Å². The van der Waals surface area contributed by atoms with Crippen LogP contribution in [-0.2, 0) is 14.8 Å². The van der Waals surface area contributed by atoms with E-state index >= 15 is 0 Å². The van der Waals surface area contributed by atoms with Gasteiger partial charge in [0.25, 0.3) is 0 Å². The van der Waals surface area contributed by atoms with Crippen LogP contribution < -0.4 is 5.32 Å². The SMILES string of the molecule is O=C(NCCCN1CCCCCC1)C1CCCN(S(=O)(=O)c2ccccc2)C1. The molecule has 28 heavy (non-hydrogen) atoms. The molecule has 1 amide bonds. The molecule has 0 spiro atoms. The molecular weight excluding hydrogens is 374 g/mol. The fourth-order valence-corrected chi connectivity index (χ4v) is 5.68. The number of hydrogen-bond donors (Lipinski definition) is 1. The smallest absolute Gasteiger partial charge is 0.243 e. The van der Waals surface area contributed by atoms with Gasteiger partial charge in [0.05, 0.1) is 10.8 Å². The number of likely N-dealkylation sites (tertiary alicyclic amines) is 1. The van der Waals surface area contributed by atoms with Crippen LogP contribution in [0.3, 0.4) is 0 Å². The number of sulfonamides is 1. The predicted octanol–water partition coefficient (Wildman–Crippen LogP) is 2.47. The van der Waals surface area contributed by atoms with E-state index in [0.717, 1.165) is 25.8 Å². The second kappa shape index (κ2) is 10.4. The third-order valence-corrected chi connectivity index (χ3v) is 7.66. The molecule has 1 atom stereocenters. The number of carbonyl (C=O) groups is 1. The number of piperidine rings is 1. The highest BCUT2D eigenvalue weighted by Crippen LogP contribution is 2.23. The van der Waals surface area contributed by atoms with E-state index in [1.165, 1.54) is 43.1 Å². The number of benzene rings is 1. The summed E-state index contributed by atoms with van der Waals surface area (Å²) in [6.45, 7) is 4.79. The first kappa shape index (κ1) is 21.3. The molecule has 1 aromatic carbocycles. The standard InChI is InChI=1S/C21H33N3O3S/c25-21(22-13-9-16-23-14-6-1-2-7-15-23)19-10-8-17-24(18-19)28(26,27)20-11-4-3-5-12-20/h3-5,11-12,19H,1-2,6-10,13-18H2,(H,22,25). The second-order valence-electron chi connectivity index (χ2n) is 7.92. The molecule has 0 aliphatic carbocycles. The van der Waals surface area contributed by atoms with Crippen molar-refractivity contribution < 1.29 is 13.2 Å². The van der Waals surface area contributed by atoms with Crippen LogP contribution in [0.2, 0.25) is 0 Å². The Balaban J connectivity index is 1.45. The van der Waals surface area contributed by atoms with Crippen molar-refractivity contribution in [3.05, 3.63) is 30.3 Å². The van der Waals surface area contributed by atoms with Crippen molar-refractivity contribution in [3.63, 3.8) is 0 Å². The molecule has 0 aromatic heterocycles. The summed E-state index contributed by atoms with van der Waals surface area (Å²) in [5.74, 6) is -0.269. The van der Waals surface area contributed by atoms with Crippen molar-refractivity contribution in [1.29, 1.82) is 0 Å². The molecule has 1 aromatic rings. The first-order valence-electron chi connectivity index (χ1n) is 10.6. The molecule has 2 fully saturated rings. The van der Waals surface area contributed by atoms with Gasteiger partial charge in [-0.25, -0.2) is 8.42 Å². The maximum absolute atomic E-state index is 12.8. The van der Waals surface area contributed by atoms with E-state index in [-0.39, 0.29) is 18.4 Å². The summed E-state index contributed by atoms with van der Waals surface area (Å²) in [6.07, 6.45) is 7.64. The van der Waals surface area contributed by atoms with Gasteiger partial charge in [0, 0.05) is 19.6 Å². The Hall–Kier alpha value is -1.44. The Morgan fingerprint density at radius 2 is 1.71 bits per heavy atom. The molecule has 3 rings (SSSR count). The van der Waals surface area contributed by atoms with Crippen molar-refractivity contribution in [2.45, 2.75) is 49.8 Å². The van der Waals surface area contributed by atoms with E-state index in [1.54, 1.807) is 30.3 Å². The highest BCUT2D eigenvalue weighted by Gasteiger charge is 2.33. The minimum Gasteiger partial charge on any atom is -0.356 e. The molecule has 2 aliphatic heterocycles. The Labute approximate surface area is 169 Å². The summed E-state index contributed by atoms with van der Waals surface area (Å²) in [5.41, 5.74) is 0. The molecule has 7 heteroatoms. The quantitative estimate of drug-likeness (QED) is 0.705. The molecular formula is C21H33N3O3S. The van der Waals surface area contributed by atoms with Gasteiger partial charge in [-0.15, -0.1) is 0 Å². The summed E-state index contributed by atoms with van der Waals surface area (Å²) in [6, 6.07) is 8.48. The summed E-state index contributed by atoms with van der Waals surface area (Å²) in [7, 11) is -3.52. The lowest BCUT2D eigenvalue weighted by molar-refractivity contribution is -0.126. The van der Waals surface area contributed by atoms with Gasteiger partial charge in [-0.1, -0.05) is 31.0 Å². The van der Waals surface area contributed by atoms with E-state index in [1.807, 2.05) is 0 Å². The van der Waals surface area contributed by atoms with Crippen LogP contribution in [0.4, 0.5) is 0 Å². The molecule has 6 nitrogen and oxygen atoms in total. The monoisotopic (exact) mass is 407 g/mol. The van der Waals surface area contributed by atoms with Gasteiger partial charge in [-0.3, -0.25) is 4.79 Å². The van der Waals surface area contributed by atoms with Crippen molar-refractivity contribution in [1.82, 2.24) is 14.5 Å². The molecule has 0 radical (unpaired) electrons. The van der Waals surface area contributed by atoms with E-state index in [0.29, 0.717) is 18.0 Å². The molecule has 2 saturated heterocycles. The predicted molar refractivity (Wildman–Crippen MR) is 110 cm³/mol. The zero-order valence-corrected chi connectivity index (χ0v) is 17.5. The van der Waals surface area contributed by atoms with E-state index in [2.05, 4.69) is 10.2 Å². The molecule has 0 bridgehead atoms. The molecule has 156 valence electrons. The van der Waals surface area contributed by atoms with Gasteiger partial charge in [-0.2, -0.15) is 4.31 Å².